The number of aromatic nitrogens is 5. The van der Waals surface area contributed by atoms with Gasteiger partial charge < -0.3 is 5.01 Å². The predicted octanol–water partition coefficient (Wildman–Crippen LogP) is 2.52. The summed E-state index contributed by atoms with van der Waals surface area (Å²) >= 11 is 6.01. The van der Waals surface area contributed by atoms with Gasteiger partial charge in [0.25, 0.3) is 5.56 Å². The van der Waals surface area contributed by atoms with Crippen LogP contribution in [0.3, 0.4) is 0 Å². The van der Waals surface area contributed by atoms with Crippen molar-refractivity contribution in [3.8, 4) is 11.1 Å². The molecule has 26 heavy (non-hydrogen) atoms. The molecular weight excluding hydrogens is 352 g/mol. The fourth-order valence-corrected chi connectivity index (χ4v) is 3.18. The molecule has 0 bridgehead atoms. The normalized spacial score (nSPS) is 11.4. The highest BCUT2D eigenvalue weighted by Crippen LogP contribution is 2.29. The van der Waals surface area contributed by atoms with Crippen LogP contribution in [0.25, 0.3) is 27.8 Å². The first-order valence-electron chi connectivity index (χ1n) is 8.24. The van der Waals surface area contributed by atoms with Crippen LogP contribution < -0.4 is 10.6 Å². The van der Waals surface area contributed by atoms with E-state index in [2.05, 4.69) is 10.2 Å². The van der Waals surface area contributed by atoms with Gasteiger partial charge in [-0.25, -0.2) is 9.19 Å². The molecule has 3 heterocycles. The Hall–Kier alpha value is -2.93. The van der Waals surface area contributed by atoms with Crippen molar-refractivity contribution in [1.29, 1.82) is 0 Å². The molecule has 7 nitrogen and oxygen atoms in total. The Bertz CT molecular complexity index is 1180. The van der Waals surface area contributed by atoms with E-state index in [-0.39, 0.29) is 11.1 Å². The maximum atomic E-state index is 12.6. The van der Waals surface area contributed by atoms with Crippen molar-refractivity contribution >= 4 is 28.3 Å². The Balaban J connectivity index is 2.06. The maximum Gasteiger partial charge on any atom is 0.298 e. The van der Waals surface area contributed by atoms with Gasteiger partial charge in [-0.1, -0.05) is 30.7 Å². The minimum atomic E-state index is -0.233. The van der Waals surface area contributed by atoms with Crippen molar-refractivity contribution in [3.05, 3.63) is 57.6 Å². The zero-order valence-corrected chi connectivity index (χ0v) is 15.4. The van der Waals surface area contributed by atoms with E-state index in [4.69, 9.17) is 16.7 Å². The van der Waals surface area contributed by atoms with Crippen LogP contribution in [0.4, 0.5) is 0 Å². The lowest BCUT2D eigenvalue weighted by Crippen LogP contribution is -2.36. The number of pyridine rings is 1. The Morgan fingerprint density at radius 2 is 1.85 bits per heavy atom. The number of nitrogens with zero attached hydrogens (tertiary/aromatic N) is 6. The van der Waals surface area contributed by atoms with Crippen LogP contribution in [0.2, 0.25) is 5.02 Å². The minimum absolute atomic E-state index is 0.233. The second kappa shape index (κ2) is 6.10. The van der Waals surface area contributed by atoms with Gasteiger partial charge in [-0.3, -0.25) is 4.79 Å². The fraction of sp³-hybridized carbons (Fsp3) is 0.222. The number of aryl methyl sites for hydroxylation is 1. The van der Waals surface area contributed by atoms with Crippen molar-refractivity contribution in [2.45, 2.75) is 13.3 Å². The highest BCUT2D eigenvalue weighted by Gasteiger charge is 2.18. The number of halogens is 1. The average Bonchev–Trinajstić information content (AvgIpc) is 3.01. The standard InChI is InChI=1S/C18H17ClN6O/c1-4-13-15(11-5-7-12(19)8-6-11)17-21-20-16-14(25(17)22-13)9-10-24(18(16)26)23(2)3/h5-10H,4H2,1-3H3. The van der Waals surface area contributed by atoms with Crippen molar-refractivity contribution in [1.82, 2.24) is 24.5 Å². The predicted molar refractivity (Wildman–Crippen MR) is 102 cm³/mol. The molecule has 0 unspecified atom stereocenters. The summed E-state index contributed by atoms with van der Waals surface area (Å²) in [6.07, 6.45) is 2.44. The van der Waals surface area contributed by atoms with Crippen LogP contribution in [0.5, 0.6) is 0 Å². The summed E-state index contributed by atoms with van der Waals surface area (Å²) in [6, 6.07) is 9.38. The molecule has 0 saturated carbocycles. The van der Waals surface area contributed by atoms with E-state index in [0.29, 0.717) is 16.2 Å². The van der Waals surface area contributed by atoms with Gasteiger partial charge in [0.05, 0.1) is 11.3 Å². The van der Waals surface area contributed by atoms with E-state index >= 15 is 0 Å². The molecule has 0 radical (unpaired) electrons. The van der Waals surface area contributed by atoms with Crippen LogP contribution in [0, 0.1) is 0 Å². The first-order valence-corrected chi connectivity index (χ1v) is 8.62. The second-order valence-electron chi connectivity index (χ2n) is 6.16. The number of rotatable bonds is 3. The van der Waals surface area contributed by atoms with Gasteiger partial charge in [0.2, 0.25) is 0 Å². The molecule has 0 aliphatic rings. The smallest absolute Gasteiger partial charge is 0.298 e. The molecule has 0 fully saturated rings. The quantitative estimate of drug-likeness (QED) is 0.556. The topological polar surface area (TPSA) is 68.3 Å². The lowest BCUT2D eigenvalue weighted by atomic mass is 10.0. The van der Waals surface area contributed by atoms with Crippen LogP contribution in [-0.2, 0) is 6.42 Å². The number of hydrogen-bond acceptors (Lipinski definition) is 5. The summed E-state index contributed by atoms with van der Waals surface area (Å²) in [4.78, 5) is 12.6. The zero-order valence-electron chi connectivity index (χ0n) is 14.6. The molecule has 0 spiro atoms. The molecular formula is C18H17ClN6O. The van der Waals surface area contributed by atoms with Crippen molar-refractivity contribution in [3.63, 3.8) is 0 Å². The molecule has 132 valence electrons. The molecule has 0 amide bonds. The minimum Gasteiger partial charge on any atom is -0.316 e. The monoisotopic (exact) mass is 368 g/mol. The van der Waals surface area contributed by atoms with E-state index in [0.717, 1.165) is 23.2 Å². The number of hydrogen-bond donors (Lipinski definition) is 0. The molecule has 0 atom stereocenters. The summed E-state index contributed by atoms with van der Waals surface area (Å²) in [5.74, 6) is 0. The van der Waals surface area contributed by atoms with Crippen molar-refractivity contribution < 1.29 is 0 Å². The summed E-state index contributed by atoms with van der Waals surface area (Å²) in [5.41, 5.74) is 4.08. The van der Waals surface area contributed by atoms with E-state index in [1.165, 1.54) is 4.68 Å². The van der Waals surface area contributed by atoms with Gasteiger partial charge in [-0.05, 0) is 30.2 Å². The molecule has 4 aromatic rings. The molecule has 1 aromatic carbocycles. The Kier molecular flexibility index (Phi) is 3.88. The molecule has 8 heteroatoms. The second-order valence-corrected chi connectivity index (χ2v) is 6.60. The lowest BCUT2D eigenvalue weighted by molar-refractivity contribution is 0.702. The third kappa shape index (κ3) is 2.43. The molecule has 0 aliphatic heterocycles. The van der Waals surface area contributed by atoms with E-state index in [1.54, 1.807) is 29.8 Å². The fourth-order valence-electron chi connectivity index (χ4n) is 3.06. The summed E-state index contributed by atoms with van der Waals surface area (Å²) in [7, 11) is 3.59. The molecule has 0 saturated heterocycles. The molecule has 0 N–H and O–H groups in total. The van der Waals surface area contributed by atoms with Gasteiger partial charge in [-0.15, -0.1) is 10.2 Å². The van der Waals surface area contributed by atoms with Crippen LogP contribution >= 0.6 is 11.6 Å². The van der Waals surface area contributed by atoms with Crippen molar-refractivity contribution in [2.75, 3.05) is 19.1 Å². The maximum absolute atomic E-state index is 12.6. The Morgan fingerprint density at radius 1 is 1.12 bits per heavy atom. The largest absolute Gasteiger partial charge is 0.316 e. The lowest BCUT2D eigenvalue weighted by Gasteiger charge is -2.15. The number of benzene rings is 1. The van der Waals surface area contributed by atoms with Crippen molar-refractivity contribution in [2.24, 2.45) is 0 Å². The zero-order chi connectivity index (χ0) is 18.4. The summed E-state index contributed by atoms with van der Waals surface area (Å²) in [6.45, 7) is 2.04. The molecule has 3 aromatic heterocycles. The van der Waals surface area contributed by atoms with Crippen LogP contribution in [0.15, 0.2) is 41.3 Å². The average molecular weight is 369 g/mol. The first-order chi connectivity index (χ1) is 12.5. The third-order valence-corrected chi connectivity index (χ3v) is 4.58. The highest BCUT2D eigenvalue weighted by atomic mass is 35.5. The van der Waals surface area contributed by atoms with E-state index in [1.807, 2.05) is 37.3 Å². The molecule has 0 aliphatic carbocycles. The Labute approximate surface area is 154 Å². The first kappa shape index (κ1) is 16.5. The van der Waals surface area contributed by atoms with Gasteiger partial charge in [0, 0.05) is 25.3 Å². The Morgan fingerprint density at radius 3 is 2.50 bits per heavy atom. The third-order valence-electron chi connectivity index (χ3n) is 4.33. The van der Waals surface area contributed by atoms with E-state index in [9.17, 15) is 4.79 Å². The highest BCUT2D eigenvalue weighted by molar-refractivity contribution is 6.30. The summed E-state index contributed by atoms with van der Waals surface area (Å²) < 4.78 is 3.18. The van der Waals surface area contributed by atoms with Gasteiger partial charge in [0.15, 0.2) is 11.2 Å². The van der Waals surface area contributed by atoms with Gasteiger partial charge >= 0.3 is 0 Å². The van der Waals surface area contributed by atoms with Gasteiger partial charge in [-0.2, -0.15) is 5.10 Å². The SMILES string of the molecule is CCc1nn2c(nnc3c(=O)n(N(C)C)ccc32)c1-c1ccc(Cl)cc1. The van der Waals surface area contributed by atoms with Gasteiger partial charge in [0.1, 0.15) is 5.52 Å². The summed E-state index contributed by atoms with van der Waals surface area (Å²) in [5, 5.41) is 15.6. The van der Waals surface area contributed by atoms with E-state index < -0.39 is 0 Å². The number of fused-ring (bicyclic) bond motifs is 3. The van der Waals surface area contributed by atoms with Crippen LogP contribution in [0.1, 0.15) is 12.6 Å². The van der Waals surface area contributed by atoms with Crippen LogP contribution in [-0.4, -0.2) is 38.6 Å². The molecule has 4 rings (SSSR count).